The maximum absolute atomic E-state index is 8.63. The third kappa shape index (κ3) is 24.4. The van der Waals surface area contributed by atoms with Crippen LogP contribution in [0, 0.1) is 0 Å². The van der Waals surface area contributed by atoms with Crippen molar-refractivity contribution < 1.29 is 53.0 Å². The van der Waals surface area contributed by atoms with E-state index in [0.29, 0.717) is 34.5 Å². The summed E-state index contributed by atoms with van der Waals surface area (Å²) in [6, 6.07) is 52.3. The van der Waals surface area contributed by atoms with Crippen molar-refractivity contribution in [1.82, 2.24) is 0 Å². The molecule has 0 aliphatic carbocycles. The Morgan fingerprint density at radius 3 is 0.326 bits per heavy atom. The van der Waals surface area contributed by atoms with Gasteiger partial charge in [0.25, 0.3) is 0 Å². The molecule has 0 spiro atoms. The van der Waals surface area contributed by atoms with Crippen molar-refractivity contribution in [2.45, 2.75) is 0 Å². The molecule has 221 valence electrons. The Balaban J connectivity index is 0.000000490. The summed E-state index contributed by atoms with van der Waals surface area (Å²) >= 11 is 0. The Kier molecular flexibility index (Phi) is 22.7. The van der Waals surface area contributed by atoms with Crippen molar-refractivity contribution in [2.75, 3.05) is 0 Å². The molecule has 6 rings (SSSR count). The number of para-hydroxylation sites is 6. The molecule has 0 heterocycles. The number of rotatable bonds is 0. The zero-order chi connectivity index (χ0) is 30.7. The van der Waals surface area contributed by atoms with Crippen LogP contribution < -0.4 is 0 Å². The van der Waals surface area contributed by atoms with Crippen molar-refractivity contribution in [1.29, 1.82) is 0 Å². The Morgan fingerprint density at radius 1 is 0.186 bits per heavy atom. The van der Waals surface area contributed by atoms with Crippen molar-refractivity contribution >= 4 is 0 Å². The van der Waals surface area contributed by atoms with E-state index in [1.807, 2.05) is 36.4 Å². The summed E-state index contributed by atoms with van der Waals surface area (Å²) in [6.07, 6.45) is 0. The molecule has 0 atom stereocenters. The van der Waals surface area contributed by atoms with Gasteiger partial charge in [-0.25, -0.2) is 0 Å². The first-order chi connectivity index (χ1) is 20.4. The molecule has 0 unspecified atom stereocenters. The summed E-state index contributed by atoms with van der Waals surface area (Å²) in [6.45, 7) is 0. The van der Waals surface area contributed by atoms with Crippen LogP contribution in [-0.4, -0.2) is 30.6 Å². The minimum absolute atomic E-state index is 0. The van der Waals surface area contributed by atoms with Crippen LogP contribution in [0.15, 0.2) is 182 Å². The molecular weight excluding hydrogens is 621 g/mol. The molecule has 0 aliphatic heterocycles. The van der Waals surface area contributed by atoms with Gasteiger partial charge < -0.3 is 30.6 Å². The maximum atomic E-state index is 8.63. The van der Waals surface area contributed by atoms with Gasteiger partial charge in [-0.1, -0.05) is 109 Å². The van der Waals surface area contributed by atoms with Gasteiger partial charge in [-0.2, -0.15) is 0 Å². The summed E-state index contributed by atoms with van der Waals surface area (Å²) in [7, 11) is 0. The zero-order valence-corrected chi connectivity index (χ0v) is 25.6. The summed E-state index contributed by atoms with van der Waals surface area (Å²) in [4.78, 5) is 0. The van der Waals surface area contributed by atoms with Crippen LogP contribution in [0.5, 0.6) is 34.5 Å². The van der Waals surface area contributed by atoms with Crippen LogP contribution >= 0.6 is 0 Å². The van der Waals surface area contributed by atoms with Gasteiger partial charge in [0.2, 0.25) is 0 Å². The molecule has 6 aromatic rings. The average Bonchev–Trinajstić information content (AvgIpc) is 3.01. The van der Waals surface area contributed by atoms with E-state index < -0.39 is 0 Å². The van der Waals surface area contributed by atoms with Crippen LogP contribution in [0.3, 0.4) is 0 Å². The Bertz CT molecular complexity index is 1100. The Hall–Kier alpha value is -5.14. The van der Waals surface area contributed by atoms with Gasteiger partial charge in [0, 0.05) is 22.4 Å². The van der Waals surface area contributed by atoms with Crippen LogP contribution in [-0.2, 0) is 22.4 Å². The van der Waals surface area contributed by atoms with E-state index in [2.05, 4.69) is 0 Å². The zero-order valence-electron chi connectivity index (χ0n) is 23.5. The van der Waals surface area contributed by atoms with Crippen LogP contribution in [0.1, 0.15) is 0 Å². The predicted octanol–water partition coefficient (Wildman–Crippen LogP) is 8.35. The van der Waals surface area contributed by atoms with Gasteiger partial charge in [0.1, 0.15) is 34.5 Å². The van der Waals surface area contributed by atoms with Crippen molar-refractivity contribution in [2.24, 2.45) is 0 Å². The number of phenolic OH excluding ortho intramolecular Hbond substituents is 6. The fourth-order valence-corrected chi connectivity index (χ4v) is 2.57. The van der Waals surface area contributed by atoms with Crippen LogP contribution in [0.2, 0.25) is 0 Å². The fourth-order valence-electron chi connectivity index (χ4n) is 2.57. The van der Waals surface area contributed by atoms with Crippen LogP contribution in [0.4, 0.5) is 0 Å². The van der Waals surface area contributed by atoms with Gasteiger partial charge in [-0.05, 0) is 72.8 Å². The number of aromatic hydroxyl groups is 6. The van der Waals surface area contributed by atoms with Gasteiger partial charge in [-0.3, -0.25) is 0 Å². The number of benzene rings is 6. The van der Waals surface area contributed by atoms with Gasteiger partial charge >= 0.3 is 0 Å². The van der Waals surface area contributed by atoms with Crippen LogP contribution in [0.25, 0.3) is 0 Å². The largest absolute Gasteiger partial charge is 0.508 e. The molecule has 0 fully saturated rings. The summed E-state index contributed by atoms with van der Waals surface area (Å²) in [5, 5.41) is 51.8. The molecule has 0 aromatic heterocycles. The smallest absolute Gasteiger partial charge is 0.115 e. The van der Waals surface area contributed by atoms with E-state index >= 15 is 0 Å². The van der Waals surface area contributed by atoms with E-state index in [-0.39, 0.29) is 22.4 Å². The molecule has 0 saturated heterocycles. The molecule has 0 amide bonds. The first-order valence-electron chi connectivity index (χ1n) is 12.8. The van der Waals surface area contributed by atoms with Crippen molar-refractivity contribution in [3.63, 3.8) is 0 Å². The topological polar surface area (TPSA) is 121 Å². The van der Waals surface area contributed by atoms with Gasteiger partial charge in [-0.15, -0.1) is 0 Å². The monoisotopic (exact) mass is 657 g/mol. The second-order valence-corrected chi connectivity index (χ2v) is 8.01. The Morgan fingerprint density at radius 2 is 0.279 bits per heavy atom. The average molecular weight is 658 g/mol. The maximum Gasteiger partial charge on any atom is 0.115 e. The number of hydrogen-bond donors (Lipinski definition) is 6. The summed E-state index contributed by atoms with van der Waals surface area (Å²) < 4.78 is 0. The van der Waals surface area contributed by atoms with E-state index in [1.54, 1.807) is 146 Å². The fraction of sp³-hybridized carbons (Fsp3) is 0. The first-order valence-corrected chi connectivity index (χ1v) is 12.8. The van der Waals surface area contributed by atoms with E-state index in [4.69, 9.17) is 30.6 Å². The molecule has 0 aliphatic rings. The minimum Gasteiger partial charge on any atom is -0.508 e. The first kappa shape index (κ1) is 37.9. The molecule has 7 heteroatoms. The standard InChI is InChI=1S/6C6H6O.Nb/c6*7-6-4-2-1-3-5-6;/h6*1-5,7H;. The molecule has 6 aromatic carbocycles. The molecular formula is C36H36NbO6. The third-order valence-corrected chi connectivity index (χ3v) is 4.54. The summed E-state index contributed by atoms with van der Waals surface area (Å²) in [5.74, 6) is 1.93. The van der Waals surface area contributed by atoms with Crippen molar-refractivity contribution in [3.8, 4) is 34.5 Å². The quantitative estimate of drug-likeness (QED) is 0.0914. The molecule has 6 nitrogen and oxygen atoms in total. The van der Waals surface area contributed by atoms with Gasteiger partial charge in [0.15, 0.2) is 0 Å². The second-order valence-electron chi connectivity index (χ2n) is 8.01. The predicted molar refractivity (Wildman–Crippen MR) is 169 cm³/mol. The number of phenols is 6. The van der Waals surface area contributed by atoms with Crippen molar-refractivity contribution in [3.05, 3.63) is 182 Å². The molecule has 0 saturated carbocycles. The number of hydrogen-bond acceptors (Lipinski definition) is 6. The summed E-state index contributed by atoms with van der Waals surface area (Å²) in [5.41, 5.74) is 0. The second kappa shape index (κ2) is 25.8. The Labute approximate surface area is 268 Å². The third-order valence-electron chi connectivity index (χ3n) is 4.54. The van der Waals surface area contributed by atoms with E-state index in [9.17, 15) is 0 Å². The molecule has 1 radical (unpaired) electrons. The minimum atomic E-state index is 0. The van der Waals surface area contributed by atoms with E-state index in [1.165, 1.54) is 0 Å². The van der Waals surface area contributed by atoms with E-state index in [0.717, 1.165) is 0 Å². The van der Waals surface area contributed by atoms with Gasteiger partial charge in [0.05, 0.1) is 0 Å². The molecule has 43 heavy (non-hydrogen) atoms. The molecule has 0 bridgehead atoms. The SMILES string of the molecule is Oc1ccccc1.Oc1ccccc1.Oc1ccccc1.Oc1ccccc1.Oc1ccccc1.Oc1ccccc1.[Nb]. The normalized spacial score (nSPS) is 8.37. The molecule has 6 N–H and O–H groups in total.